The normalized spacial score (nSPS) is 21.2. The molecule has 0 aromatic carbocycles. The van der Waals surface area contributed by atoms with Crippen LogP contribution in [0.3, 0.4) is 0 Å². The summed E-state index contributed by atoms with van der Waals surface area (Å²) < 4.78 is 0. The summed E-state index contributed by atoms with van der Waals surface area (Å²) in [4.78, 5) is 6.38. The molecule has 0 amide bonds. The van der Waals surface area contributed by atoms with Crippen LogP contribution in [0.25, 0.3) is 0 Å². The van der Waals surface area contributed by atoms with Gasteiger partial charge in [-0.1, -0.05) is 20.8 Å². The smallest absolute Gasteiger partial charge is 0.107 e. The molecule has 102 valence electrons. The van der Waals surface area contributed by atoms with E-state index in [0.717, 1.165) is 6.54 Å². The fourth-order valence-electron chi connectivity index (χ4n) is 2.00. The molecule has 0 spiro atoms. The van der Waals surface area contributed by atoms with E-state index in [4.69, 9.17) is 4.98 Å². The fraction of sp³-hybridized carbons (Fsp3) is 0.769. The van der Waals surface area contributed by atoms with Crippen LogP contribution in [-0.4, -0.2) is 29.3 Å². The van der Waals surface area contributed by atoms with E-state index in [1.807, 2.05) is 18.4 Å². The van der Waals surface area contributed by atoms with Crippen molar-refractivity contribution in [2.24, 2.45) is 0 Å². The lowest BCUT2D eigenvalue weighted by Gasteiger charge is -2.19. The van der Waals surface area contributed by atoms with Gasteiger partial charge in [-0.15, -0.1) is 23.1 Å². The van der Waals surface area contributed by atoms with Crippen LogP contribution in [-0.2, 0) is 12.0 Å². The highest BCUT2D eigenvalue weighted by Crippen LogP contribution is 2.41. The fourth-order valence-corrected chi connectivity index (χ4v) is 6.28. The SMILES string of the molecule is CNCc1sc(C2CSCCS2)nc1C(C)(C)C. The quantitative estimate of drug-likeness (QED) is 0.920. The average Bonchev–Trinajstić information content (AvgIpc) is 2.75. The van der Waals surface area contributed by atoms with Gasteiger partial charge in [0.15, 0.2) is 0 Å². The minimum Gasteiger partial charge on any atom is -0.315 e. The third-order valence-electron chi connectivity index (χ3n) is 2.85. The molecule has 0 aliphatic carbocycles. The van der Waals surface area contributed by atoms with E-state index in [1.165, 1.54) is 32.8 Å². The summed E-state index contributed by atoms with van der Waals surface area (Å²) in [5.74, 6) is 3.78. The third-order valence-corrected chi connectivity index (χ3v) is 6.93. The van der Waals surface area contributed by atoms with Crippen molar-refractivity contribution < 1.29 is 0 Å². The van der Waals surface area contributed by atoms with E-state index in [-0.39, 0.29) is 5.41 Å². The van der Waals surface area contributed by atoms with Gasteiger partial charge in [0.05, 0.1) is 10.9 Å². The number of hydrogen-bond donors (Lipinski definition) is 1. The number of thioether (sulfide) groups is 2. The van der Waals surface area contributed by atoms with Crippen molar-refractivity contribution in [2.75, 3.05) is 24.3 Å². The molecule has 18 heavy (non-hydrogen) atoms. The summed E-state index contributed by atoms with van der Waals surface area (Å²) in [6.45, 7) is 7.71. The van der Waals surface area contributed by atoms with Gasteiger partial charge in [-0.3, -0.25) is 0 Å². The highest BCUT2D eigenvalue weighted by molar-refractivity contribution is 8.06. The summed E-state index contributed by atoms with van der Waals surface area (Å²) in [6.07, 6.45) is 0. The molecular formula is C13H22N2S3. The molecule has 1 aromatic heterocycles. The largest absolute Gasteiger partial charge is 0.315 e. The lowest BCUT2D eigenvalue weighted by molar-refractivity contribution is 0.561. The van der Waals surface area contributed by atoms with Crippen LogP contribution in [0.5, 0.6) is 0 Å². The zero-order valence-electron chi connectivity index (χ0n) is 11.6. The van der Waals surface area contributed by atoms with Gasteiger partial charge < -0.3 is 5.32 Å². The highest BCUT2D eigenvalue weighted by Gasteiger charge is 2.27. The second-order valence-corrected chi connectivity index (χ2v) is 9.11. The molecule has 1 atom stereocenters. The molecule has 2 nitrogen and oxygen atoms in total. The number of thiazole rings is 1. The summed E-state index contributed by atoms with van der Waals surface area (Å²) >= 11 is 6.05. The predicted octanol–water partition coefficient (Wildman–Crippen LogP) is 3.68. The standard InChI is InChI=1S/C13H22N2S3/c1-13(2,3)11-9(7-14-4)18-12(15-11)10-8-16-5-6-17-10/h10,14H,5-8H2,1-4H3. The van der Waals surface area contributed by atoms with Crippen LogP contribution >= 0.6 is 34.9 Å². The molecule has 1 unspecified atom stereocenters. The van der Waals surface area contributed by atoms with E-state index < -0.39 is 0 Å². The molecule has 2 heterocycles. The molecule has 1 aliphatic heterocycles. The average molecular weight is 303 g/mol. The molecule has 0 bridgehead atoms. The van der Waals surface area contributed by atoms with Crippen molar-refractivity contribution in [3.05, 3.63) is 15.6 Å². The first kappa shape index (κ1) is 14.7. The Balaban J connectivity index is 2.26. The Bertz CT molecular complexity index is 389. The number of nitrogens with one attached hydrogen (secondary N) is 1. The van der Waals surface area contributed by atoms with Gasteiger partial charge in [-0.05, 0) is 7.05 Å². The predicted molar refractivity (Wildman–Crippen MR) is 86.1 cm³/mol. The van der Waals surface area contributed by atoms with Crippen LogP contribution in [0.15, 0.2) is 0 Å². The maximum Gasteiger partial charge on any atom is 0.107 e. The van der Waals surface area contributed by atoms with Crippen molar-refractivity contribution >= 4 is 34.9 Å². The van der Waals surface area contributed by atoms with Gasteiger partial charge in [0, 0.05) is 34.1 Å². The molecule has 2 rings (SSSR count). The van der Waals surface area contributed by atoms with E-state index in [2.05, 4.69) is 49.6 Å². The Morgan fingerprint density at radius 3 is 2.67 bits per heavy atom. The number of rotatable bonds is 3. The van der Waals surface area contributed by atoms with Crippen molar-refractivity contribution in [3.8, 4) is 0 Å². The summed E-state index contributed by atoms with van der Waals surface area (Å²) in [5, 5.41) is 5.22. The minimum absolute atomic E-state index is 0.146. The first-order chi connectivity index (χ1) is 8.52. The molecule has 1 N–H and O–H groups in total. The number of hydrogen-bond acceptors (Lipinski definition) is 5. The number of aromatic nitrogens is 1. The number of nitrogens with zero attached hydrogens (tertiary/aromatic N) is 1. The van der Waals surface area contributed by atoms with Crippen LogP contribution in [0.2, 0.25) is 0 Å². The monoisotopic (exact) mass is 302 g/mol. The maximum atomic E-state index is 4.97. The van der Waals surface area contributed by atoms with Gasteiger partial charge in [0.1, 0.15) is 5.01 Å². The van der Waals surface area contributed by atoms with Gasteiger partial charge >= 0.3 is 0 Å². The summed E-state index contributed by atoms with van der Waals surface area (Å²) in [5.41, 5.74) is 1.43. The molecular weight excluding hydrogens is 280 g/mol. The Morgan fingerprint density at radius 2 is 2.11 bits per heavy atom. The second-order valence-electron chi connectivity index (χ2n) is 5.54. The topological polar surface area (TPSA) is 24.9 Å². The molecule has 1 aromatic rings. The summed E-state index contributed by atoms with van der Waals surface area (Å²) in [7, 11) is 2.01. The molecule has 1 aliphatic rings. The minimum atomic E-state index is 0.146. The van der Waals surface area contributed by atoms with Crippen LogP contribution < -0.4 is 5.32 Å². The van der Waals surface area contributed by atoms with Crippen LogP contribution in [0.4, 0.5) is 0 Å². The van der Waals surface area contributed by atoms with Gasteiger partial charge in [-0.25, -0.2) is 4.98 Å². The van der Waals surface area contributed by atoms with Gasteiger partial charge in [-0.2, -0.15) is 11.8 Å². The highest BCUT2D eigenvalue weighted by atomic mass is 32.2. The third kappa shape index (κ3) is 3.44. The Kier molecular flexibility index (Phi) is 5.03. The van der Waals surface area contributed by atoms with Crippen molar-refractivity contribution in [2.45, 2.75) is 38.0 Å². The van der Waals surface area contributed by atoms with Gasteiger partial charge in [0.25, 0.3) is 0 Å². The molecule has 0 saturated carbocycles. The van der Waals surface area contributed by atoms with Crippen molar-refractivity contribution in [1.82, 2.24) is 10.3 Å². The Morgan fingerprint density at radius 1 is 1.33 bits per heavy atom. The van der Waals surface area contributed by atoms with Crippen LogP contribution in [0, 0.1) is 0 Å². The lowest BCUT2D eigenvalue weighted by Crippen LogP contribution is -2.17. The lowest BCUT2D eigenvalue weighted by atomic mass is 9.91. The summed E-state index contributed by atoms with van der Waals surface area (Å²) in [6, 6.07) is 0. The van der Waals surface area contributed by atoms with E-state index in [9.17, 15) is 0 Å². The molecule has 1 saturated heterocycles. The van der Waals surface area contributed by atoms with E-state index >= 15 is 0 Å². The first-order valence-electron chi connectivity index (χ1n) is 6.36. The molecule has 0 radical (unpaired) electrons. The van der Waals surface area contributed by atoms with Crippen LogP contribution in [0.1, 0.15) is 41.6 Å². The van der Waals surface area contributed by atoms with E-state index in [0.29, 0.717) is 5.25 Å². The zero-order valence-corrected chi connectivity index (χ0v) is 14.0. The van der Waals surface area contributed by atoms with E-state index in [1.54, 1.807) is 0 Å². The zero-order chi connectivity index (χ0) is 13.2. The van der Waals surface area contributed by atoms with Gasteiger partial charge in [0.2, 0.25) is 0 Å². The molecule has 1 fully saturated rings. The maximum absolute atomic E-state index is 4.97. The Hall–Kier alpha value is 0.290. The van der Waals surface area contributed by atoms with Crippen molar-refractivity contribution in [1.29, 1.82) is 0 Å². The molecule has 5 heteroatoms. The van der Waals surface area contributed by atoms with Crippen molar-refractivity contribution in [3.63, 3.8) is 0 Å². The Labute approximate surface area is 123 Å². The second kappa shape index (κ2) is 6.16. The first-order valence-corrected chi connectivity index (χ1v) is 9.38.